The molecule has 0 aliphatic carbocycles. The second-order valence-corrected chi connectivity index (χ2v) is 6.28. The van der Waals surface area contributed by atoms with Crippen LogP contribution < -0.4 is 0 Å². The lowest BCUT2D eigenvalue weighted by molar-refractivity contribution is -0.0949. The van der Waals surface area contributed by atoms with Crippen LogP contribution in [-0.2, 0) is 27.2 Å². The standard InChI is InChI=1S/C16H23N5O3/c1-3-22-4-2-12(1)16-19-15(7-13-8-17-11-18-13)21(20-16)9-14-10-23-5-6-24-14/h8,11-12,14H,1-7,9-10H2,(H,17,18). The van der Waals surface area contributed by atoms with Gasteiger partial charge in [0.2, 0.25) is 0 Å². The average molecular weight is 333 g/mol. The van der Waals surface area contributed by atoms with Gasteiger partial charge in [-0.15, -0.1) is 0 Å². The molecule has 2 aliphatic heterocycles. The summed E-state index contributed by atoms with van der Waals surface area (Å²) in [5, 5.41) is 4.79. The van der Waals surface area contributed by atoms with E-state index in [9.17, 15) is 0 Å². The Labute approximate surface area is 140 Å². The van der Waals surface area contributed by atoms with E-state index in [1.165, 1.54) is 0 Å². The lowest BCUT2D eigenvalue weighted by Crippen LogP contribution is -2.33. The van der Waals surface area contributed by atoms with Crippen LogP contribution in [0.3, 0.4) is 0 Å². The SMILES string of the molecule is c1ncc(Cc2nc(C3CCOCC3)nn2CC2COCCO2)[nH]1. The number of nitrogens with one attached hydrogen (secondary N) is 1. The third-order valence-electron chi connectivity index (χ3n) is 4.52. The molecule has 2 fully saturated rings. The van der Waals surface area contributed by atoms with E-state index in [0.717, 1.165) is 43.4 Å². The van der Waals surface area contributed by atoms with Gasteiger partial charge in [0.15, 0.2) is 5.82 Å². The van der Waals surface area contributed by atoms with Crippen LogP contribution in [0.25, 0.3) is 0 Å². The lowest BCUT2D eigenvalue weighted by atomic mass is 10.00. The van der Waals surface area contributed by atoms with Crippen molar-refractivity contribution in [2.24, 2.45) is 0 Å². The van der Waals surface area contributed by atoms with E-state index in [-0.39, 0.29) is 6.10 Å². The number of aromatic nitrogens is 5. The Bertz CT molecular complexity index is 630. The van der Waals surface area contributed by atoms with Crippen molar-refractivity contribution in [3.8, 4) is 0 Å². The predicted octanol–water partition coefficient (Wildman–Crippen LogP) is 0.901. The summed E-state index contributed by atoms with van der Waals surface area (Å²) in [7, 11) is 0. The molecule has 2 saturated heterocycles. The van der Waals surface area contributed by atoms with Gasteiger partial charge in [-0.05, 0) is 12.8 Å². The molecule has 8 nitrogen and oxygen atoms in total. The minimum atomic E-state index is 0.0310. The first-order valence-corrected chi connectivity index (χ1v) is 8.56. The molecule has 2 aromatic heterocycles. The first-order chi connectivity index (χ1) is 11.9. The van der Waals surface area contributed by atoms with E-state index < -0.39 is 0 Å². The van der Waals surface area contributed by atoms with Crippen molar-refractivity contribution in [3.05, 3.63) is 29.9 Å². The van der Waals surface area contributed by atoms with Gasteiger partial charge >= 0.3 is 0 Å². The summed E-state index contributed by atoms with van der Waals surface area (Å²) in [6, 6.07) is 0. The summed E-state index contributed by atoms with van der Waals surface area (Å²) in [5.41, 5.74) is 1.03. The van der Waals surface area contributed by atoms with Crippen molar-refractivity contribution in [1.82, 2.24) is 24.7 Å². The average Bonchev–Trinajstić information content (AvgIpc) is 3.28. The van der Waals surface area contributed by atoms with E-state index in [0.29, 0.717) is 38.7 Å². The molecule has 0 radical (unpaired) electrons. The highest BCUT2D eigenvalue weighted by Gasteiger charge is 2.24. The van der Waals surface area contributed by atoms with Crippen molar-refractivity contribution in [2.45, 2.75) is 37.8 Å². The van der Waals surface area contributed by atoms with Crippen LogP contribution in [0, 0.1) is 0 Å². The fourth-order valence-electron chi connectivity index (χ4n) is 3.19. The Hall–Kier alpha value is -1.77. The zero-order valence-corrected chi connectivity index (χ0v) is 13.7. The van der Waals surface area contributed by atoms with Crippen LogP contribution in [0.1, 0.15) is 36.1 Å². The fraction of sp³-hybridized carbons (Fsp3) is 0.688. The molecule has 0 amide bonds. The third-order valence-corrected chi connectivity index (χ3v) is 4.52. The number of rotatable bonds is 5. The van der Waals surface area contributed by atoms with Crippen LogP contribution in [0.15, 0.2) is 12.5 Å². The molecule has 0 aromatic carbocycles. The summed E-state index contributed by atoms with van der Waals surface area (Å²) in [4.78, 5) is 12.0. The number of H-pyrrole nitrogens is 1. The molecule has 24 heavy (non-hydrogen) atoms. The Kier molecular flexibility index (Phi) is 4.86. The predicted molar refractivity (Wildman–Crippen MR) is 84.8 cm³/mol. The second kappa shape index (κ2) is 7.42. The Balaban J connectivity index is 1.54. The van der Waals surface area contributed by atoms with Crippen molar-refractivity contribution in [3.63, 3.8) is 0 Å². The molecule has 1 unspecified atom stereocenters. The van der Waals surface area contributed by atoms with Crippen molar-refractivity contribution in [2.75, 3.05) is 33.0 Å². The normalized spacial score (nSPS) is 22.8. The summed E-state index contributed by atoms with van der Waals surface area (Å²) in [5.74, 6) is 2.24. The molecule has 4 heterocycles. The van der Waals surface area contributed by atoms with Crippen molar-refractivity contribution < 1.29 is 14.2 Å². The zero-order chi connectivity index (χ0) is 16.2. The number of ether oxygens (including phenoxy) is 3. The number of imidazole rings is 1. The maximum absolute atomic E-state index is 5.77. The molecular formula is C16H23N5O3. The Morgan fingerprint density at radius 2 is 2.08 bits per heavy atom. The summed E-state index contributed by atoms with van der Waals surface area (Å²) < 4.78 is 18.7. The van der Waals surface area contributed by atoms with Gasteiger partial charge in [0.25, 0.3) is 0 Å². The molecule has 0 saturated carbocycles. The van der Waals surface area contributed by atoms with E-state index in [2.05, 4.69) is 9.97 Å². The quantitative estimate of drug-likeness (QED) is 0.875. The molecule has 4 rings (SSSR count). The van der Waals surface area contributed by atoms with E-state index in [1.807, 2.05) is 10.9 Å². The van der Waals surface area contributed by atoms with Gasteiger partial charge in [-0.25, -0.2) is 14.6 Å². The van der Waals surface area contributed by atoms with E-state index >= 15 is 0 Å². The molecule has 1 atom stereocenters. The first kappa shape index (κ1) is 15.7. The largest absolute Gasteiger partial charge is 0.381 e. The van der Waals surface area contributed by atoms with E-state index in [4.69, 9.17) is 24.3 Å². The molecule has 130 valence electrons. The minimum absolute atomic E-state index is 0.0310. The summed E-state index contributed by atoms with van der Waals surface area (Å²) in [6.07, 6.45) is 6.20. The van der Waals surface area contributed by atoms with Crippen LogP contribution >= 0.6 is 0 Å². The van der Waals surface area contributed by atoms with Gasteiger partial charge in [-0.1, -0.05) is 0 Å². The maximum atomic E-state index is 5.77. The van der Waals surface area contributed by atoms with Crippen molar-refractivity contribution in [1.29, 1.82) is 0 Å². The summed E-state index contributed by atoms with van der Waals surface area (Å²) >= 11 is 0. The first-order valence-electron chi connectivity index (χ1n) is 8.56. The van der Waals surface area contributed by atoms with Crippen LogP contribution in [-0.4, -0.2) is 63.9 Å². The van der Waals surface area contributed by atoms with Crippen LogP contribution in [0.2, 0.25) is 0 Å². The number of hydrogen-bond donors (Lipinski definition) is 1. The molecule has 0 bridgehead atoms. The minimum Gasteiger partial charge on any atom is -0.381 e. The molecule has 8 heteroatoms. The lowest BCUT2D eigenvalue weighted by Gasteiger charge is -2.23. The van der Waals surface area contributed by atoms with Gasteiger partial charge in [0, 0.05) is 37.4 Å². The van der Waals surface area contributed by atoms with E-state index in [1.54, 1.807) is 6.33 Å². The summed E-state index contributed by atoms with van der Waals surface area (Å²) in [6.45, 7) is 4.16. The number of aromatic amines is 1. The molecule has 0 spiro atoms. The Morgan fingerprint density at radius 3 is 2.83 bits per heavy atom. The number of nitrogens with zero attached hydrogens (tertiary/aromatic N) is 4. The smallest absolute Gasteiger partial charge is 0.154 e. The highest BCUT2D eigenvalue weighted by Crippen LogP contribution is 2.25. The highest BCUT2D eigenvalue weighted by atomic mass is 16.6. The van der Waals surface area contributed by atoms with Gasteiger partial charge in [-0.3, -0.25) is 0 Å². The Morgan fingerprint density at radius 1 is 1.17 bits per heavy atom. The van der Waals surface area contributed by atoms with Gasteiger partial charge in [0.1, 0.15) is 11.9 Å². The van der Waals surface area contributed by atoms with Crippen LogP contribution in [0.5, 0.6) is 0 Å². The van der Waals surface area contributed by atoms with Gasteiger partial charge in [0.05, 0.1) is 32.7 Å². The number of hydrogen-bond acceptors (Lipinski definition) is 6. The molecule has 2 aromatic rings. The molecular weight excluding hydrogens is 310 g/mol. The van der Waals surface area contributed by atoms with Crippen molar-refractivity contribution >= 4 is 0 Å². The fourth-order valence-corrected chi connectivity index (χ4v) is 3.19. The monoisotopic (exact) mass is 333 g/mol. The maximum Gasteiger partial charge on any atom is 0.154 e. The molecule has 1 N–H and O–H groups in total. The third kappa shape index (κ3) is 3.66. The zero-order valence-electron chi connectivity index (χ0n) is 13.7. The van der Waals surface area contributed by atoms with Gasteiger partial charge in [-0.2, -0.15) is 5.10 Å². The molecule has 2 aliphatic rings. The second-order valence-electron chi connectivity index (χ2n) is 6.28. The highest BCUT2D eigenvalue weighted by molar-refractivity contribution is 5.08. The van der Waals surface area contributed by atoms with Gasteiger partial charge < -0.3 is 19.2 Å². The topological polar surface area (TPSA) is 87.1 Å². The van der Waals surface area contributed by atoms with Crippen LogP contribution in [0.4, 0.5) is 0 Å².